The molecule has 2 aromatic rings. The highest BCUT2D eigenvalue weighted by Crippen LogP contribution is 2.40. The number of ketones is 1. The monoisotopic (exact) mass is 290 g/mol. The molecule has 2 rings (SSSR count). The van der Waals surface area contributed by atoms with Crippen LogP contribution in [0.15, 0.2) is 36.4 Å². The number of benzene rings is 2. The van der Waals surface area contributed by atoms with Crippen molar-refractivity contribution in [3.8, 4) is 17.2 Å². The number of halogens is 1. The molecule has 0 radical (unpaired) electrons. The first-order chi connectivity index (χ1) is 10.1. The topological polar surface area (TPSA) is 44.8 Å². The van der Waals surface area contributed by atoms with E-state index in [4.69, 9.17) is 14.2 Å². The van der Waals surface area contributed by atoms with Crippen molar-refractivity contribution in [3.63, 3.8) is 0 Å². The summed E-state index contributed by atoms with van der Waals surface area (Å²) in [6.07, 6.45) is 0. The lowest BCUT2D eigenvalue weighted by Gasteiger charge is -2.15. The maximum atomic E-state index is 12.9. The van der Waals surface area contributed by atoms with E-state index < -0.39 is 5.82 Å². The Hall–Kier alpha value is -2.56. The van der Waals surface area contributed by atoms with E-state index in [0.29, 0.717) is 22.6 Å². The van der Waals surface area contributed by atoms with Gasteiger partial charge in [0, 0.05) is 5.56 Å². The van der Waals surface area contributed by atoms with Crippen molar-refractivity contribution >= 4 is 5.78 Å². The van der Waals surface area contributed by atoms with Crippen molar-refractivity contribution in [1.82, 2.24) is 0 Å². The molecule has 0 spiro atoms. The molecule has 2 aromatic carbocycles. The van der Waals surface area contributed by atoms with E-state index in [-0.39, 0.29) is 11.5 Å². The Balaban J connectivity index is 2.53. The van der Waals surface area contributed by atoms with Gasteiger partial charge in [0.25, 0.3) is 0 Å². The van der Waals surface area contributed by atoms with E-state index in [2.05, 4.69) is 0 Å². The minimum absolute atomic E-state index is 0.283. The van der Waals surface area contributed by atoms with Crippen LogP contribution < -0.4 is 14.2 Å². The van der Waals surface area contributed by atoms with Crippen LogP contribution in [0.5, 0.6) is 17.2 Å². The molecule has 0 fully saturated rings. The summed E-state index contributed by atoms with van der Waals surface area (Å²) in [6.45, 7) is 0. The van der Waals surface area contributed by atoms with E-state index in [1.54, 1.807) is 12.1 Å². The van der Waals surface area contributed by atoms with Crippen LogP contribution in [0.25, 0.3) is 0 Å². The molecule has 21 heavy (non-hydrogen) atoms. The molecule has 0 bridgehead atoms. The Kier molecular flexibility index (Phi) is 4.42. The smallest absolute Gasteiger partial charge is 0.204 e. The summed E-state index contributed by atoms with van der Waals surface area (Å²) < 4.78 is 28.6. The number of methoxy groups -OCH3 is 3. The summed E-state index contributed by atoms with van der Waals surface area (Å²) >= 11 is 0. The minimum Gasteiger partial charge on any atom is -0.493 e. The maximum Gasteiger partial charge on any atom is 0.204 e. The molecule has 0 aliphatic heterocycles. The van der Waals surface area contributed by atoms with Gasteiger partial charge in [0.2, 0.25) is 5.75 Å². The van der Waals surface area contributed by atoms with Gasteiger partial charge in [-0.2, -0.15) is 0 Å². The lowest BCUT2D eigenvalue weighted by Crippen LogP contribution is -2.06. The van der Waals surface area contributed by atoms with Crippen LogP contribution >= 0.6 is 0 Å². The Labute approximate surface area is 122 Å². The molecule has 110 valence electrons. The van der Waals surface area contributed by atoms with E-state index in [0.717, 1.165) is 0 Å². The van der Waals surface area contributed by atoms with Crippen LogP contribution in [0.2, 0.25) is 0 Å². The molecule has 0 saturated carbocycles. The zero-order chi connectivity index (χ0) is 15.4. The number of carbonyl (C=O) groups is 1. The number of ether oxygens (including phenoxy) is 3. The molecular weight excluding hydrogens is 275 g/mol. The van der Waals surface area contributed by atoms with Crippen LogP contribution in [0, 0.1) is 5.82 Å². The lowest BCUT2D eigenvalue weighted by atomic mass is 10.0. The standard InChI is InChI=1S/C16H15FO4/c1-19-13-9-8-12(15(20-2)16(13)21-3)14(18)10-4-6-11(17)7-5-10/h4-9H,1-3H3. The Morgan fingerprint density at radius 2 is 1.48 bits per heavy atom. The van der Waals surface area contributed by atoms with Gasteiger partial charge < -0.3 is 14.2 Å². The maximum absolute atomic E-state index is 12.9. The molecular formula is C16H15FO4. The SMILES string of the molecule is COc1ccc(C(=O)c2ccc(F)cc2)c(OC)c1OC. The molecule has 0 aromatic heterocycles. The summed E-state index contributed by atoms with van der Waals surface area (Å²) in [7, 11) is 4.41. The Bertz CT molecular complexity index is 650. The van der Waals surface area contributed by atoms with Gasteiger partial charge in [0.15, 0.2) is 17.3 Å². The number of carbonyl (C=O) groups excluding carboxylic acids is 1. The lowest BCUT2D eigenvalue weighted by molar-refractivity contribution is 0.103. The second-order valence-electron chi connectivity index (χ2n) is 4.22. The zero-order valence-corrected chi connectivity index (χ0v) is 12.0. The van der Waals surface area contributed by atoms with Gasteiger partial charge >= 0.3 is 0 Å². The van der Waals surface area contributed by atoms with Gasteiger partial charge in [0.1, 0.15) is 5.82 Å². The summed E-state index contributed by atoms with van der Waals surface area (Å²) in [5, 5.41) is 0. The van der Waals surface area contributed by atoms with Crippen molar-refractivity contribution < 1.29 is 23.4 Å². The zero-order valence-electron chi connectivity index (χ0n) is 12.0. The van der Waals surface area contributed by atoms with Crippen LogP contribution in [0.4, 0.5) is 4.39 Å². The van der Waals surface area contributed by atoms with E-state index >= 15 is 0 Å². The molecule has 0 aliphatic rings. The van der Waals surface area contributed by atoms with Crippen molar-refractivity contribution in [1.29, 1.82) is 0 Å². The second-order valence-corrected chi connectivity index (χ2v) is 4.22. The van der Waals surface area contributed by atoms with Crippen molar-refractivity contribution in [2.24, 2.45) is 0 Å². The van der Waals surface area contributed by atoms with Gasteiger partial charge in [-0.3, -0.25) is 4.79 Å². The average molecular weight is 290 g/mol. The molecule has 0 N–H and O–H groups in total. The third-order valence-electron chi connectivity index (χ3n) is 3.06. The summed E-state index contributed by atoms with van der Waals surface area (Å²) in [4.78, 5) is 12.5. The third-order valence-corrected chi connectivity index (χ3v) is 3.06. The third kappa shape index (κ3) is 2.81. The Morgan fingerprint density at radius 1 is 0.857 bits per heavy atom. The molecule has 0 saturated heterocycles. The largest absolute Gasteiger partial charge is 0.493 e. The molecule has 4 nitrogen and oxygen atoms in total. The van der Waals surface area contributed by atoms with E-state index in [1.807, 2.05) is 0 Å². The molecule has 0 aliphatic carbocycles. The van der Waals surface area contributed by atoms with E-state index in [9.17, 15) is 9.18 Å². The fourth-order valence-electron chi connectivity index (χ4n) is 2.04. The van der Waals surface area contributed by atoms with Gasteiger partial charge in [-0.15, -0.1) is 0 Å². The molecule has 5 heteroatoms. The summed E-state index contributed by atoms with van der Waals surface area (Å²) in [6, 6.07) is 8.53. The number of hydrogen-bond donors (Lipinski definition) is 0. The highest BCUT2D eigenvalue weighted by Gasteiger charge is 2.21. The van der Waals surface area contributed by atoms with Gasteiger partial charge in [0.05, 0.1) is 26.9 Å². The highest BCUT2D eigenvalue weighted by molar-refractivity contribution is 6.11. The summed E-state index contributed by atoms with van der Waals surface area (Å²) in [5.74, 6) is 0.405. The van der Waals surface area contributed by atoms with Crippen molar-refractivity contribution in [2.45, 2.75) is 0 Å². The molecule has 0 unspecified atom stereocenters. The number of rotatable bonds is 5. The normalized spacial score (nSPS) is 10.1. The van der Waals surface area contributed by atoms with Gasteiger partial charge in [-0.25, -0.2) is 4.39 Å². The van der Waals surface area contributed by atoms with Crippen LogP contribution in [0.3, 0.4) is 0 Å². The minimum atomic E-state index is -0.397. The quantitative estimate of drug-likeness (QED) is 0.794. The molecule has 0 amide bonds. The van der Waals surface area contributed by atoms with Crippen LogP contribution in [-0.4, -0.2) is 27.1 Å². The average Bonchev–Trinajstić information content (AvgIpc) is 2.53. The van der Waals surface area contributed by atoms with Gasteiger partial charge in [-0.1, -0.05) is 0 Å². The molecule has 0 heterocycles. The number of hydrogen-bond acceptors (Lipinski definition) is 4. The predicted octanol–water partition coefficient (Wildman–Crippen LogP) is 3.08. The Morgan fingerprint density at radius 3 is 2.00 bits per heavy atom. The summed E-state index contributed by atoms with van der Waals surface area (Å²) in [5.41, 5.74) is 0.684. The fraction of sp³-hybridized carbons (Fsp3) is 0.188. The predicted molar refractivity (Wildman–Crippen MR) is 75.9 cm³/mol. The first kappa shape index (κ1) is 14.8. The van der Waals surface area contributed by atoms with E-state index in [1.165, 1.54) is 45.6 Å². The molecule has 0 atom stereocenters. The first-order valence-corrected chi connectivity index (χ1v) is 6.21. The second kappa shape index (κ2) is 6.26. The van der Waals surface area contributed by atoms with Gasteiger partial charge in [-0.05, 0) is 36.4 Å². The van der Waals surface area contributed by atoms with Crippen LogP contribution in [-0.2, 0) is 0 Å². The highest BCUT2D eigenvalue weighted by atomic mass is 19.1. The van der Waals surface area contributed by atoms with Crippen LogP contribution in [0.1, 0.15) is 15.9 Å². The fourth-order valence-corrected chi connectivity index (χ4v) is 2.04. The first-order valence-electron chi connectivity index (χ1n) is 6.21. The van der Waals surface area contributed by atoms with Crippen molar-refractivity contribution in [3.05, 3.63) is 53.3 Å². The van der Waals surface area contributed by atoms with Crippen molar-refractivity contribution in [2.75, 3.05) is 21.3 Å².